The van der Waals surface area contributed by atoms with Crippen molar-refractivity contribution in [3.63, 3.8) is 0 Å². The number of nitrogens with zero attached hydrogens (tertiary/aromatic N) is 1. The zero-order valence-corrected chi connectivity index (χ0v) is 8.94. The molecular formula is C11H9FN2S. The number of rotatable bonds is 1. The Labute approximate surface area is 91.8 Å². The predicted molar refractivity (Wildman–Crippen MR) is 59.6 cm³/mol. The van der Waals surface area contributed by atoms with Crippen LogP contribution >= 0.6 is 12.2 Å². The average molecular weight is 220 g/mol. The quantitative estimate of drug-likeness (QED) is 0.747. The summed E-state index contributed by atoms with van der Waals surface area (Å²) in [5.74, 6) is -0.255. The molecule has 76 valence electrons. The average Bonchev–Trinajstić information content (AvgIpc) is 2.17. The Morgan fingerprint density at radius 2 is 2.07 bits per heavy atom. The molecule has 15 heavy (non-hydrogen) atoms. The van der Waals surface area contributed by atoms with Gasteiger partial charge in [-0.1, -0.05) is 12.2 Å². The van der Waals surface area contributed by atoms with Crippen molar-refractivity contribution < 1.29 is 4.39 Å². The topological polar surface area (TPSA) is 28.7 Å². The summed E-state index contributed by atoms with van der Waals surface area (Å²) >= 11 is 4.88. The normalized spacial score (nSPS) is 10.3. The van der Waals surface area contributed by atoms with E-state index >= 15 is 0 Å². The minimum Gasteiger partial charge on any atom is -0.267 e. The van der Waals surface area contributed by atoms with Crippen molar-refractivity contribution in [2.24, 2.45) is 0 Å². The van der Waals surface area contributed by atoms with Crippen molar-refractivity contribution in [2.75, 3.05) is 0 Å². The van der Waals surface area contributed by atoms with Crippen LogP contribution in [0.2, 0.25) is 0 Å². The Balaban J connectivity index is 2.53. The van der Waals surface area contributed by atoms with Crippen molar-refractivity contribution in [2.45, 2.75) is 6.92 Å². The Morgan fingerprint density at radius 1 is 1.27 bits per heavy atom. The molecule has 0 aliphatic carbocycles. The van der Waals surface area contributed by atoms with Crippen LogP contribution in [0.1, 0.15) is 5.56 Å². The second-order valence-electron chi connectivity index (χ2n) is 3.32. The zero-order chi connectivity index (χ0) is 10.8. The number of hydrogen-bond acceptors (Lipinski definition) is 2. The van der Waals surface area contributed by atoms with Gasteiger partial charge < -0.3 is 0 Å². The first-order valence-corrected chi connectivity index (χ1v) is 4.89. The molecule has 0 bridgehead atoms. The van der Waals surface area contributed by atoms with E-state index in [1.165, 1.54) is 12.1 Å². The summed E-state index contributed by atoms with van der Waals surface area (Å²) in [7, 11) is 0. The summed E-state index contributed by atoms with van der Waals surface area (Å²) < 4.78 is 13.7. The predicted octanol–water partition coefficient (Wildman–Crippen LogP) is 3.25. The molecule has 1 aromatic heterocycles. The summed E-state index contributed by atoms with van der Waals surface area (Å²) in [6.07, 6.45) is 0. The molecule has 1 heterocycles. The van der Waals surface area contributed by atoms with Crippen molar-refractivity contribution in [1.82, 2.24) is 10.2 Å². The van der Waals surface area contributed by atoms with Crippen LogP contribution in [0.15, 0.2) is 30.3 Å². The van der Waals surface area contributed by atoms with Gasteiger partial charge >= 0.3 is 0 Å². The number of halogens is 1. The number of benzene rings is 1. The van der Waals surface area contributed by atoms with Gasteiger partial charge in [-0.05, 0) is 42.8 Å². The molecule has 1 N–H and O–H groups in total. The van der Waals surface area contributed by atoms with Crippen molar-refractivity contribution in [1.29, 1.82) is 0 Å². The maximum absolute atomic E-state index is 13.1. The van der Waals surface area contributed by atoms with Crippen LogP contribution in [0.5, 0.6) is 0 Å². The molecule has 0 aliphatic heterocycles. The first-order chi connectivity index (χ1) is 7.15. The maximum Gasteiger partial charge on any atom is 0.124 e. The summed E-state index contributed by atoms with van der Waals surface area (Å²) in [5.41, 5.74) is 2.30. The fraction of sp³-hybridized carbons (Fsp3) is 0.0909. The molecule has 0 saturated heterocycles. The van der Waals surface area contributed by atoms with Crippen LogP contribution in [0, 0.1) is 17.4 Å². The van der Waals surface area contributed by atoms with Gasteiger partial charge in [0.25, 0.3) is 0 Å². The number of aryl methyl sites for hydroxylation is 1. The number of aromatic nitrogens is 2. The molecule has 0 amide bonds. The van der Waals surface area contributed by atoms with Crippen LogP contribution in [-0.2, 0) is 0 Å². The lowest BCUT2D eigenvalue weighted by molar-refractivity contribution is 0.627. The summed E-state index contributed by atoms with van der Waals surface area (Å²) in [5, 5.41) is 6.71. The number of nitrogens with one attached hydrogen (secondary N) is 1. The molecule has 1 aromatic carbocycles. The zero-order valence-electron chi connectivity index (χ0n) is 8.12. The highest BCUT2D eigenvalue weighted by Gasteiger charge is 2.01. The Morgan fingerprint density at radius 3 is 2.67 bits per heavy atom. The molecule has 0 saturated carbocycles. The van der Waals surface area contributed by atoms with Gasteiger partial charge in [0.2, 0.25) is 0 Å². The van der Waals surface area contributed by atoms with Crippen LogP contribution in [-0.4, -0.2) is 10.2 Å². The van der Waals surface area contributed by atoms with Crippen molar-refractivity contribution in [3.8, 4) is 11.3 Å². The molecule has 0 fully saturated rings. The van der Waals surface area contributed by atoms with E-state index in [0.29, 0.717) is 10.3 Å². The van der Waals surface area contributed by atoms with Gasteiger partial charge in [0.05, 0.1) is 5.69 Å². The third-order valence-electron chi connectivity index (χ3n) is 2.02. The summed E-state index contributed by atoms with van der Waals surface area (Å²) in [4.78, 5) is 0. The SMILES string of the molecule is Cc1cc(F)cc(-c2ccc(=S)[nH]n2)c1. The monoisotopic (exact) mass is 220 g/mol. The lowest BCUT2D eigenvalue weighted by Crippen LogP contribution is -1.89. The van der Waals surface area contributed by atoms with E-state index < -0.39 is 0 Å². The first kappa shape index (κ1) is 9.98. The second-order valence-corrected chi connectivity index (χ2v) is 3.76. The van der Waals surface area contributed by atoms with Gasteiger partial charge in [0, 0.05) is 5.56 Å². The summed E-state index contributed by atoms with van der Waals surface area (Å²) in [6, 6.07) is 8.31. The molecule has 4 heteroatoms. The Kier molecular flexibility index (Phi) is 2.60. The van der Waals surface area contributed by atoms with Crippen molar-refractivity contribution in [3.05, 3.63) is 46.4 Å². The lowest BCUT2D eigenvalue weighted by atomic mass is 10.1. The number of H-pyrrole nitrogens is 1. The number of aromatic amines is 1. The standard InChI is InChI=1S/C11H9FN2S/c1-7-4-8(6-9(12)5-7)10-2-3-11(15)14-13-10/h2-6H,1H3,(H,14,15). The van der Waals surface area contributed by atoms with E-state index in [2.05, 4.69) is 10.2 Å². The number of hydrogen-bond donors (Lipinski definition) is 1. The third-order valence-corrected chi connectivity index (χ3v) is 2.24. The van der Waals surface area contributed by atoms with E-state index in [0.717, 1.165) is 11.1 Å². The van der Waals surface area contributed by atoms with E-state index in [1.807, 2.05) is 13.0 Å². The summed E-state index contributed by atoms with van der Waals surface area (Å²) in [6.45, 7) is 1.84. The molecular weight excluding hydrogens is 211 g/mol. The van der Waals surface area contributed by atoms with Crippen LogP contribution in [0.25, 0.3) is 11.3 Å². The lowest BCUT2D eigenvalue weighted by Gasteiger charge is -2.01. The smallest absolute Gasteiger partial charge is 0.124 e. The molecule has 0 spiro atoms. The largest absolute Gasteiger partial charge is 0.267 e. The van der Waals surface area contributed by atoms with E-state index in [9.17, 15) is 4.39 Å². The van der Waals surface area contributed by atoms with Crippen molar-refractivity contribution >= 4 is 12.2 Å². The Bertz CT molecular complexity index is 508. The fourth-order valence-electron chi connectivity index (χ4n) is 1.39. The minimum atomic E-state index is -0.255. The Hall–Kier alpha value is -1.55. The van der Waals surface area contributed by atoms with Gasteiger partial charge in [-0.3, -0.25) is 5.10 Å². The molecule has 0 unspecified atom stereocenters. The molecule has 2 rings (SSSR count). The fourth-order valence-corrected chi connectivity index (χ4v) is 1.50. The van der Waals surface area contributed by atoms with Crippen LogP contribution in [0.4, 0.5) is 4.39 Å². The highest BCUT2D eigenvalue weighted by molar-refractivity contribution is 7.71. The van der Waals surface area contributed by atoms with Gasteiger partial charge in [-0.15, -0.1) is 0 Å². The second kappa shape index (κ2) is 3.90. The van der Waals surface area contributed by atoms with E-state index in [4.69, 9.17) is 12.2 Å². The third kappa shape index (κ3) is 2.27. The maximum atomic E-state index is 13.1. The minimum absolute atomic E-state index is 0.255. The van der Waals surface area contributed by atoms with Gasteiger partial charge in [0.15, 0.2) is 0 Å². The first-order valence-electron chi connectivity index (χ1n) is 4.48. The van der Waals surface area contributed by atoms with E-state index in [1.54, 1.807) is 12.1 Å². The molecule has 0 atom stereocenters. The molecule has 2 aromatic rings. The highest BCUT2D eigenvalue weighted by atomic mass is 32.1. The molecule has 0 aliphatic rings. The van der Waals surface area contributed by atoms with Crippen LogP contribution < -0.4 is 0 Å². The van der Waals surface area contributed by atoms with Crippen LogP contribution in [0.3, 0.4) is 0 Å². The van der Waals surface area contributed by atoms with Gasteiger partial charge in [-0.2, -0.15) is 5.10 Å². The molecule has 0 radical (unpaired) electrons. The van der Waals surface area contributed by atoms with Gasteiger partial charge in [0.1, 0.15) is 10.5 Å². The van der Waals surface area contributed by atoms with E-state index in [-0.39, 0.29) is 5.82 Å². The molecule has 2 nitrogen and oxygen atoms in total. The highest BCUT2D eigenvalue weighted by Crippen LogP contribution is 2.18. The van der Waals surface area contributed by atoms with Gasteiger partial charge in [-0.25, -0.2) is 4.39 Å².